The van der Waals surface area contributed by atoms with Crippen molar-refractivity contribution in [3.05, 3.63) is 82.4 Å². The van der Waals surface area contributed by atoms with Gasteiger partial charge in [0.2, 0.25) is 5.91 Å². The highest BCUT2D eigenvalue weighted by atomic mass is 35.5. The number of hydrogen-bond acceptors (Lipinski definition) is 3. The van der Waals surface area contributed by atoms with Crippen molar-refractivity contribution in [1.82, 2.24) is 14.9 Å². The van der Waals surface area contributed by atoms with E-state index in [-0.39, 0.29) is 25.0 Å². The van der Waals surface area contributed by atoms with Crippen molar-refractivity contribution in [2.75, 3.05) is 6.61 Å². The average molecular weight is 404 g/mol. The molecule has 27 heavy (non-hydrogen) atoms. The third-order valence-electron chi connectivity index (χ3n) is 4.04. The fourth-order valence-electron chi connectivity index (χ4n) is 2.63. The lowest BCUT2D eigenvalue weighted by molar-refractivity contribution is -0.122. The molecule has 0 aliphatic heterocycles. The number of ether oxygens (including phenoxy) is 1. The number of carbonyl (C=O) groups excluding carboxylic acids is 1. The maximum atomic E-state index is 12.5. The normalized spacial score (nSPS) is 11.8. The summed E-state index contributed by atoms with van der Waals surface area (Å²) in [5.74, 6) is 1.28. The number of carbonyl (C=O) groups is 1. The molecule has 1 aromatic heterocycles. The van der Waals surface area contributed by atoms with Crippen LogP contribution in [-0.4, -0.2) is 22.1 Å². The first-order valence-corrected chi connectivity index (χ1v) is 9.19. The summed E-state index contributed by atoms with van der Waals surface area (Å²) in [5, 5.41) is 4.30. The molecule has 0 radical (unpaired) electrons. The average Bonchev–Trinajstić information content (AvgIpc) is 3.08. The monoisotopic (exact) mass is 403 g/mol. The molecule has 0 aliphatic rings. The van der Waals surface area contributed by atoms with E-state index in [2.05, 4.69) is 10.3 Å². The maximum absolute atomic E-state index is 12.5. The molecule has 0 saturated heterocycles. The van der Waals surface area contributed by atoms with Gasteiger partial charge in [-0.05, 0) is 42.0 Å². The molecule has 0 fully saturated rings. The summed E-state index contributed by atoms with van der Waals surface area (Å²) in [4.78, 5) is 16.8. The highest BCUT2D eigenvalue weighted by Crippen LogP contribution is 2.22. The molecule has 1 amide bonds. The summed E-state index contributed by atoms with van der Waals surface area (Å²) < 4.78 is 7.47. The Bertz CT molecular complexity index is 892. The number of benzene rings is 2. The molecule has 3 rings (SSSR count). The van der Waals surface area contributed by atoms with E-state index in [1.54, 1.807) is 42.6 Å². The summed E-state index contributed by atoms with van der Waals surface area (Å²) in [7, 11) is 1.89. The molecule has 0 bridgehead atoms. The van der Waals surface area contributed by atoms with Crippen LogP contribution in [0.4, 0.5) is 0 Å². The van der Waals surface area contributed by atoms with Crippen LogP contribution in [0, 0.1) is 0 Å². The summed E-state index contributed by atoms with van der Waals surface area (Å²) in [6.07, 6.45) is 3.76. The fraction of sp³-hybridized carbons (Fsp3) is 0.200. The van der Waals surface area contributed by atoms with Crippen molar-refractivity contribution >= 4 is 29.1 Å². The molecule has 7 heteroatoms. The van der Waals surface area contributed by atoms with Crippen molar-refractivity contribution in [2.45, 2.75) is 12.5 Å². The first kappa shape index (κ1) is 19.3. The Labute approximate surface area is 167 Å². The van der Waals surface area contributed by atoms with E-state index in [0.29, 0.717) is 15.8 Å². The van der Waals surface area contributed by atoms with Gasteiger partial charge in [0.25, 0.3) is 0 Å². The van der Waals surface area contributed by atoms with Crippen molar-refractivity contribution in [3.63, 3.8) is 0 Å². The minimum Gasteiger partial charge on any atom is -0.493 e. The highest BCUT2D eigenvalue weighted by Gasteiger charge is 2.20. The topological polar surface area (TPSA) is 56.2 Å². The van der Waals surface area contributed by atoms with Crippen LogP contribution in [0.3, 0.4) is 0 Å². The maximum Gasteiger partial charge on any atom is 0.224 e. The van der Waals surface area contributed by atoms with Gasteiger partial charge in [0.05, 0.1) is 13.0 Å². The molecule has 0 saturated carbocycles. The second-order valence-corrected chi connectivity index (χ2v) is 6.87. The predicted molar refractivity (Wildman–Crippen MR) is 106 cm³/mol. The Morgan fingerprint density at radius 3 is 2.33 bits per heavy atom. The lowest BCUT2D eigenvalue weighted by Crippen LogP contribution is -2.31. The zero-order valence-corrected chi connectivity index (χ0v) is 16.2. The summed E-state index contributed by atoms with van der Waals surface area (Å²) in [5.41, 5.74) is 0.903. The van der Waals surface area contributed by atoms with Crippen LogP contribution >= 0.6 is 23.2 Å². The largest absolute Gasteiger partial charge is 0.493 e. The van der Waals surface area contributed by atoms with Crippen molar-refractivity contribution < 1.29 is 9.53 Å². The van der Waals surface area contributed by atoms with E-state index in [9.17, 15) is 4.79 Å². The van der Waals surface area contributed by atoms with Crippen LogP contribution < -0.4 is 10.1 Å². The Kier molecular flexibility index (Phi) is 6.37. The van der Waals surface area contributed by atoms with Crippen LogP contribution in [-0.2, 0) is 11.8 Å². The Morgan fingerprint density at radius 1 is 1.11 bits per heavy atom. The molecule has 2 aromatic carbocycles. The number of aryl methyl sites for hydroxylation is 1. The summed E-state index contributed by atoms with van der Waals surface area (Å²) in [6, 6.07) is 14.0. The zero-order chi connectivity index (χ0) is 19.2. The Morgan fingerprint density at radius 2 is 1.74 bits per heavy atom. The second-order valence-electron chi connectivity index (χ2n) is 6.00. The van der Waals surface area contributed by atoms with Gasteiger partial charge >= 0.3 is 0 Å². The number of rotatable bonds is 7. The van der Waals surface area contributed by atoms with E-state index in [1.807, 2.05) is 29.9 Å². The lowest BCUT2D eigenvalue weighted by Gasteiger charge is -2.19. The van der Waals surface area contributed by atoms with E-state index in [4.69, 9.17) is 27.9 Å². The molecule has 1 N–H and O–H groups in total. The molecule has 1 heterocycles. The number of nitrogens with zero attached hydrogens (tertiary/aromatic N) is 2. The van der Waals surface area contributed by atoms with E-state index in [0.717, 1.165) is 11.4 Å². The van der Waals surface area contributed by atoms with Crippen LogP contribution in [0.1, 0.15) is 23.9 Å². The van der Waals surface area contributed by atoms with Gasteiger partial charge in [0.15, 0.2) is 0 Å². The number of halogens is 2. The van der Waals surface area contributed by atoms with Crippen LogP contribution in [0.5, 0.6) is 5.75 Å². The standard InChI is InChI=1S/C20H19Cl2N3O2/c1-25-12-11-23-20(25)19(14-2-4-15(21)5-3-14)24-18(26)10-13-27-17-8-6-16(22)7-9-17/h2-9,11-12,19H,10,13H2,1H3,(H,24,26)/t19-/m1/s1. The van der Waals surface area contributed by atoms with Gasteiger partial charge in [0.1, 0.15) is 17.6 Å². The summed E-state index contributed by atoms with van der Waals surface area (Å²) >= 11 is 11.8. The third kappa shape index (κ3) is 5.25. The molecule has 1 atom stereocenters. The Balaban J connectivity index is 1.64. The quantitative estimate of drug-likeness (QED) is 0.635. The molecule has 0 spiro atoms. The van der Waals surface area contributed by atoms with Crippen LogP contribution in [0.15, 0.2) is 60.9 Å². The first-order valence-electron chi connectivity index (χ1n) is 8.43. The first-order chi connectivity index (χ1) is 13.0. The van der Waals surface area contributed by atoms with Crippen molar-refractivity contribution in [3.8, 4) is 5.75 Å². The highest BCUT2D eigenvalue weighted by molar-refractivity contribution is 6.30. The van der Waals surface area contributed by atoms with Gasteiger partial charge in [-0.15, -0.1) is 0 Å². The zero-order valence-electron chi connectivity index (χ0n) is 14.7. The van der Waals surface area contributed by atoms with Gasteiger partial charge in [-0.3, -0.25) is 4.79 Å². The van der Waals surface area contributed by atoms with E-state index >= 15 is 0 Å². The number of aromatic nitrogens is 2. The predicted octanol–water partition coefficient (Wildman–Crippen LogP) is 4.40. The van der Waals surface area contributed by atoms with Gasteiger partial charge in [-0.25, -0.2) is 4.98 Å². The molecule has 0 unspecified atom stereocenters. The number of imidazole rings is 1. The SMILES string of the molecule is Cn1ccnc1[C@H](NC(=O)CCOc1ccc(Cl)cc1)c1ccc(Cl)cc1. The molecule has 140 valence electrons. The van der Waals surface area contributed by atoms with Crippen LogP contribution in [0.25, 0.3) is 0 Å². The number of amides is 1. The fourth-order valence-corrected chi connectivity index (χ4v) is 2.89. The third-order valence-corrected chi connectivity index (χ3v) is 4.54. The molecule has 3 aromatic rings. The molecular weight excluding hydrogens is 385 g/mol. The molecular formula is C20H19Cl2N3O2. The molecule has 5 nitrogen and oxygen atoms in total. The van der Waals surface area contributed by atoms with E-state index in [1.165, 1.54) is 0 Å². The number of hydrogen-bond donors (Lipinski definition) is 1. The Hall–Kier alpha value is -2.50. The van der Waals surface area contributed by atoms with Gasteiger partial charge in [-0.1, -0.05) is 35.3 Å². The van der Waals surface area contributed by atoms with Crippen LogP contribution in [0.2, 0.25) is 10.0 Å². The minimum absolute atomic E-state index is 0.132. The van der Waals surface area contributed by atoms with Crippen molar-refractivity contribution in [2.24, 2.45) is 7.05 Å². The molecule has 0 aliphatic carbocycles. The van der Waals surface area contributed by atoms with Gasteiger partial charge in [-0.2, -0.15) is 0 Å². The minimum atomic E-state index is -0.370. The smallest absolute Gasteiger partial charge is 0.224 e. The second kappa shape index (κ2) is 8.93. The summed E-state index contributed by atoms with van der Waals surface area (Å²) in [6.45, 7) is 0.265. The van der Waals surface area contributed by atoms with Gasteiger partial charge in [0, 0.05) is 29.5 Å². The number of nitrogens with one attached hydrogen (secondary N) is 1. The van der Waals surface area contributed by atoms with E-state index < -0.39 is 0 Å². The lowest BCUT2D eigenvalue weighted by atomic mass is 10.1. The van der Waals surface area contributed by atoms with Crippen molar-refractivity contribution in [1.29, 1.82) is 0 Å². The van der Waals surface area contributed by atoms with Gasteiger partial charge < -0.3 is 14.6 Å².